The SMILES string of the molecule is COC(=O)CN1C(=O)[C@@H](NC(=O)[C@H](C)NC(=O)Cc2cccc(C(=O)c3ccccc3)c2)[C@@H](c2ccccc2)Oc2ccccc21. The van der Waals surface area contributed by atoms with Crippen molar-refractivity contribution in [1.29, 1.82) is 0 Å². The largest absolute Gasteiger partial charge is 0.481 e. The van der Waals surface area contributed by atoms with Crippen molar-refractivity contribution in [1.82, 2.24) is 10.6 Å². The van der Waals surface area contributed by atoms with Crippen molar-refractivity contribution in [3.8, 4) is 5.75 Å². The maximum atomic E-state index is 14.1. The number of fused-ring (bicyclic) bond motifs is 1. The molecule has 1 heterocycles. The number of hydrogen-bond donors (Lipinski definition) is 2. The topological polar surface area (TPSA) is 131 Å². The van der Waals surface area contributed by atoms with Crippen molar-refractivity contribution in [2.24, 2.45) is 0 Å². The van der Waals surface area contributed by atoms with Crippen LogP contribution >= 0.6 is 0 Å². The van der Waals surface area contributed by atoms with E-state index in [4.69, 9.17) is 9.47 Å². The molecule has 1 aliphatic rings. The number of carbonyl (C=O) groups excluding carboxylic acids is 5. The van der Waals surface area contributed by atoms with Gasteiger partial charge in [0.25, 0.3) is 5.91 Å². The van der Waals surface area contributed by atoms with Crippen LogP contribution in [0.2, 0.25) is 0 Å². The van der Waals surface area contributed by atoms with E-state index in [9.17, 15) is 24.0 Å². The van der Waals surface area contributed by atoms with Gasteiger partial charge >= 0.3 is 5.97 Å². The number of amides is 3. The smallest absolute Gasteiger partial charge is 0.325 e. The molecule has 1 aliphatic heterocycles. The summed E-state index contributed by atoms with van der Waals surface area (Å²) in [7, 11) is 1.22. The van der Waals surface area contributed by atoms with E-state index in [0.717, 1.165) is 0 Å². The lowest BCUT2D eigenvalue weighted by atomic mass is 10.00. The molecule has 0 aliphatic carbocycles. The van der Waals surface area contributed by atoms with Gasteiger partial charge in [-0.2, -0.15) is 0 Å². The average Bonchev–Trinajstić information content (AvgIpc) is 3.19. The van der Waals surface area contributed by atoms with Crippen molar-refractivity contribution in [2.45, 2.75) is 31.5 Å². The minimum absolute atomic E-state index is 0.0755. The van der Waals surface area contributed by atoms with E-state index < -0.39 is 48.4 Å². The van der Waals surface area contributed by atoms with Crippen LogP contribution in [0.4, 0.5) is 5.69 Å². The first-order valence-electron chi connectivity index (χ1n) is 14.7. The summed E-state index contributed by atoms with van der Waals surface area (Å²) in [5.74, 6) is -2.14. The Morgan fingerprint density at radius 2 is 1.50 bits per heavy atom. The molecule has 4 aromatic carbocycles. The molecule has 0 bridgehead atoms. The molecule has 234 valence electrons. The van der Waals surface area contributed by atoms with Gasteiger partial charge in [0.2, 0.25) is 11.8 Å². The number of ketones is 1. The highest BCUT2D eigenvalue weighted by Crippen LogP contribution is 2.37. The van der Waals surface area contributed by atoms with E-state index >= 15 is 0 Å². The second kappa shape index (κ2) is 14.3. The van der Waals surface area contributed by atoms with Crippen LogP contribution < -0.4 is 20.3 Å². The third-order valence-electron chi connectivity index (χ3n) is 7.55. The van der Waals surface area contributed by atoms with Gasteiger partial charge in [0, 0.05) is 11.1 Å². The summed E-state index contributed by atoms with van der Waals surface area (Å²) < 4.78 is 11.2. The lowest BCUT2D eigenvalue weighted by Gasteiger charge is -2.28. The number of hydrogen-bond acceptors (Lipinski definition) is 7. The molecule has 3 amide bonds. The molecule has 46 heavy (non-hydrogen) atoms. The Kier molecular flexibility index (Phi) is 9.87. The number of nitrogens with one attached hydrogen (secondary N) is 2. The molecule has 5 rings (SSSR count). The van der Waals surface area contributed by atoms with E-state index in [1.54, 1.807) is 97.1 Å². The van der Waals surface area contributed by atoms with Crippen LogP contribution in [0.1, 0.15) is 40.1 Å². The summed E-state index contributed by atoms with van der Waals surface area (Å²) in [5.41, 5.74) is 2.55. The van der Waals surface area contributed by atoms with Gasteiger partial charge in [-0.05, 0) is 36.2 Å². The first-order valence-corrected chi connectivity index (χ1v) is 14.7. The Labute approximate surface area is 266 Å². The number of benzene rings is 4. The minimum Gasteiger partial charge on any atom is -0.481 e. The number of nitrogens with zero attached hydrogens (tertiary/aromatic N) is 1. The molecule has 0 spiro atoms. The van der Waals surface area contributed by atoms with Crippen molar-refractivity contribution >= 4 is 35.2 Å². The average molecular weight is 620 g/mol. The van der Waals surface area contributed by atoms with Gasteiger partial charge in [-0.15, -0.1) is 0 Å². The standard InChI is InChI=1S/C36H33N3O7/c1-23(37-30(40)21-24-12-11-17-27(20-24)33(42)25-13-5-3-6-14-25)35(43)38-32-34(26-15-7-4-8-16-26)46-29-19-10-9-18-28(29)39(36(32)44)22-31(41)45-2/h3-20,23,32,34H,21-22H2,1-2H3,(H,37,40)(H,38,43)/t23-,32-,34+/m0/s1. The molecule has 0 saturated heterocycles. The zero-order valence-electron chi connectivity index (χ0n) is 25.3. The van der Waals surface area contributed by atoms with Crippen molar-refractivity contribution in [3.63, 3.8) is 0 Å². The molecule has 10 nitrogen and oxygen atoms in total. The van der Waals surface area contributed by atoms with Crippen LogP contribution in [0.3, 0.4) is 0 Å². The highest BCUT2D eigenvalue weighted by atomic mass is 16.5. The van der Waals surface area contributed by atoms with Gasteiger partial charge in [-0.25, -0.2) is 0 Å². The van der Waals surface area contributed by atoms with Gasteiger partial charge < -0.3 is 20.1 Å². The molecular weight excluding hydrogens is 586 g/mol. The number of rotatable bonds is 10. The fraction of sp³-hybridized carbons (Fsp3) is 0.194. The van der Waals surface area contributed by atoms with Crippen LogP contribution in [-0.4, -0.2) is 55.2 Å². The minimum atomic E-state index is -1.26. The van der Waals surface area contributed by atoms with Crippen LogP contribution in [0.25, 0.3) is 0 Å². The monoisotopic (exact) mass is 619 g/mol. The molecule has 0 saturated carbocycles. The number of ether oxygens (including phenoxy) is 2. The maximum absolute atomic E-state index is 14.1. The molecule has 3 atom stereocenters. The third-order valence-corrected chi connectivity index (χ3v) is 7.55. The second-order valence-corrected chi connectivity index (χ2v) is 10.8. The van der Waals surface area contributed by atoms with Crippen LogP contribution in [0.5, 0.6) is 5.75 Å². The maximum Gasteiger partial charge on any atom is 0.325 e. The van der Waals surface area contributed by atoms with Gasteiger partial charge in [-0.3, -0.25) is 28.9 Å². The van der Waals surface area contributed by atoms with Gasteiger partial charge in [-0.1, -0.05) is 91.0 Å². The van der Waals surface area contributed by atoms with Gasteiger partial charge in [0.15, 0.2) is 11.9 Å². The molecule has 0 unspecified atom stereocenters. The van der Waals surface area contributed by atoms with E-state index in [1.807, 2.05) is 12.1 Å². The Morgan fingerprint density at radius 3 is 2.22 bits per heavy atom. The lowest BCUT2D eigenvalue weighted by molar-refractivity contribution is -0.140. The van der Waals surface area contributed by atoms with E-state index in [2.05, 4.69) is 10.6 Å². The molecule has 0 fully saturated rings. The first-order chi connectivity index (χ1) is 22.2. The van der Waals surface area contributed by atoms with E-state index in [1.165, 1.54) is 18.9 Å². The Balaban J connectivity index is 1.33. The summed E-state index contributed by atoms with van der Waals surface area (Å²) >= 11 is 0. The zero-order chi connectivity index (χ0) is 32.6. The summed E-state index contributed by atoms with van der Waals surface area (Å²) in [4.78, 5) is 67.0. The molecule has 0 aromatic heterocycles. The quantitative estimate of drug-likeness (QED) is 0.204. The Bertz CT molecular complexity index is 1740. The van der Waals surface area contributed by atoms with Crippen LogP contribution in [0, 0.1) is 0 Å². The molecule has 4 aromatic rings. The fourth-order valence-electron chi connectivity index (χ4n) is 5.20. The van der Waals surface area contributed by atoms with Gasteiger partial charge in [0.1, 0.15) is 24.4 Å². The highest BCUT2D eigenvalue weighted by molar-refractivity contribution is 6.09. The summed E-state index contributed by atoms with van der Waals surface area (Å²) in [5, 5.41) is 5.44. The first kappa shape index (κ1) is 31.6. The van der Waals surface area contributed by atoms with Gasteiger partial charge in [0.05, 0.1) is 19.2 Å². The van der Waals surface area contributed by atoms with Crippen molar-refractivity contribution in [3.05, 3.63) is 131 Å². The molecule has 10 heteroatoms. The predicted octanol–water partition coefficient (Wildman–Crippen LogP) is 3.79. The number of esters is 1. The number of carbonyl (C=O) groups is 5. The molecule has 0 radical (unpaired) electrons. The van der Waals surface area contributed by atoms with E-state index in [-0.39, 0.29) is 12.2 Å². The number of methoxy groups -OCH3 is 1. The van der Waals surface area contributed by atoms with Crippen molar-refractivity contribution in [2.75, 3.05) is 18.6 Å². The predicted molar refractivity (Wildman–Crippen MR) is 170 cm³/mol. The van der Waals surface area contributed by atoms with Crippen LogP contribution in [0.15, 0.2) is 109 Å². The van der Waals surface area contributed by atoms with E-state index in [0.29, 0.717) is 33.7 Å². The molecule has 2 N–H and O–H groups in total. The highest BCUT2D eigenvalue weighted by Gasteiger charge is 2.41. The lowest BCUT2D eigenvalue weighted by Crippen LogP contribution is -2.56. The zero-order valence-corrected chi connectivity index (χ0v) is 25.3. The Hall–Kier alpha value is -5.77. The summed E-state index contributed by atoms with van der Waals surface area (Å²) in [6, 6.07) is 29.0. The number of para-hydroxylation sites is 2. The summed E-state index contributed by atoms with van der Waals surface area (Å²) in [6.45, 7) is 1.10. The Morgan fingerprint density at radius 1 is 0.848 bits per heavy atom. The third kappa shape index (κ3) is 7.29. The normalized spacial score (nSPS) is 16.2. The second-order valence-electron chi connectivity index (χ2n) is 10.8. The molecular formula is C36H33N3O7. The fourth-order valence-corrected chi connectivity index (χ4v) is 5.20. The number of anilines is 1. The summed E-state index contributed by atoms with van der Waals surface area (Å²) in [6.07, 6.45) is -1.03. The van der Waals surface area contributed by atoms with Crippen molar-refractivity contribution < 1.29 is 33.4 Å². The van der Waals surface area contributed by atoms with Crippen LogP contribution in [-0.2, 0) is 30.3 Å².